The van der Waals surface area contributed by atoms with Crippen LogP contribution in [0, 0.1) is 23.2 Å². The zero-order valence-corrected chi connectivity index (χ0v) is 19.4. The highest BCUT2D eigenvalue weighted by atomic mass is 16.5. The topological polar surface area (TPSA) is 89.9 Å². The molecule has 1 N–H and O–H groups in total. The molecular formula is C25H34O6. The second kappa shape index (κ2) is 8.38. The van der Waals surface area contributed by atoms with Gasteiger partial charge in [0.25, 0.3) is 0 Å². The molecule has 3 aliphatic rings. The number of cyclic esters (lactones) is 1. The van der Waals surface area contributed by atoms with Gasteiger partial charge in [-0.25, -0.2) is 9.59 Å². The predicted molar refractivity (Wildman–Crippen MR) is 116 cm³/mol. The number of hydrogen-bond donors (Lipinski definition) is 1. The summed E-state index contributed by atoms with van der Waals surface area (Å²) in [4.78, 5) is 36.8. The third-order valence-corrected chi connectivity index (χ3v) is 7.02. The number of Topliss-reactive ketones (excluding diaryl/α,β-unsaturated/α-hetero) is 1. The molecule has 0 saturated heterocycles. The highest BCUT2D eigenvalue weighted by molar-refractivity contribution is 5.94. The third-order valence-electron chi connectivity index (χ3n) is 7.02. The molecule has 2 bridgehead atoms. The van der Waals surface area contributed by atoms with E-state index < -0.39 is 17.7 Å². The second-order valence-corrected chi connectivity index (χ2v) is 10.4. The molecule has 1 fully saturated rings. The van der Waals surface area contributed by atoms with E-state index in [1.807, 2.05) is 19.9 Å². The fraction of sp³-hybridized carbons (Fsp3) is 0.640. The number of ketones is 1. The summed E-state index contributed by atoms with van der Waals surface area (Å²) >= 11 is 0. The highest BCUT2D eigenvalue weighted by Crippen LogP contribution is 2.60. The van der Waals surface area contributed by atoms with Gasteiger partial charge >= 0.3 is 11.9 Å². The van der Waals surface area contributed by atoms with Crippen LogP contribution < -0.4 is 0 Å². The van der Waals surface area contributed by atoms with Gasteiger partial charge in [0.2, 0.25) is 0 Å². The van der Waals surface area contributed by atoms with E-state index in [9.17, 15) is 19.5 Å². The van der Waals surface area contributed by atoms with Crippen molar-refractivity contribution in [3.8, 4) is 0 Å². The molecule has 6 heteroatoms. The number of carbonyl (C=O) groups is 3. The first-order valence-electron chi connectivity index (χ1n) is 11.0. The Bertz CT molecular complexity index is 867. The minimum atomic E-state index is -0.925. The Kier molecular flexibility index (Phi) is 6.34. The number of ether oxygens (including phenoxy) is 2. The lowest BCUT2D eigenvalue weighted by atomic mass is 9.51. The summed E-state index contributed by atoms with van der Waals surface area (Å²) in [6.07, 6.45) is 6.55. The Morgan fingerprint density at radius 1 is 1.29 bits per heavy atom. The fourth-order valence-corrected chi connectivity index (χ4v) is 5.72. The van der Waals surface area contributed by atoms with Gasteiger partial charge in [0.05, 0.1) is 11.9 Å². The van der Waals surface area contributed by atoms with E-state index >= 15 is 0 Å². The molecule has 1 heterocycles. The van der Waals surface area contributed by atoms with Gasteiger partial charge in [-0.2, -0.15) is 0 Å². The first-order valence-corrected chi connectivity index (χ1v) is 11.0. The van der Waals surface area contributed by atoms with E-state index in [0.29, 0.717) is 5.57 Å². The quantitative estimate of drug-likeness (QED) is 0.389. The number of aliphatic hydroxyl groups is 1. The van der Waals surface area contributed by atoms with Crippen LogP contribution in [-0.2, 0) is 23.9 Å². The maximum absolute atomic E-state index is 12.9. The molecule has 3 rings (SSSR count). The fourth-order valence-electron chi connectivity index (χ4n) is 5.72. The van der Waals surface area contributed by atoms with Crippen LogP contribution in [0.4, 0.5) is 0 Å². The average Bonchev–Trinajstić information content (AvgIpc) is 2.91. The van der Waals surface area contributed by atoms with Crippen molar-refractivity contribution in [1.29, 1.82) is 0 Å². The molecule has 1 saturated carbocycles. The van der Waals surface area contributed by atoms with Crippen molar-refractivity contribution < 1.29 is 29.0 Å². The number of esters is 2. The largest absolute Gasteiger partial charge is 0.454 e. The molecule has 5 atom stereocenters. The molecule has 0 radical (unpaired) electrons. The molecule has 0 spiro atoms. The zero-order chi connectivity index (χ0) is 23.1. The predicted octanol–water partition coefficient (Wildman–Crippen LogP) is 4.03. The van der Waals surface area contributed by atoms with Gasteiger partial charge in [-0.05, 0) is 82.8 Å². The Morgan fingerprint density at radius 3 is 2.55 bits per heavy atom. The van der Waals surface area contributed by atoms with Gasteiger partial charge in [0.15, 0.2) is 0 Å². The molecule has 170 valence electrons. The summed E-state index contributed by atoms with van der Waals surface area (Å²) < 4.78 is 10.9. The van der Waals surface area contributed by atoms with E-state index in [-0.39, 0.29) is 41.3 Å². The van der Waals surface area contributed by atoms with Crippen molar-refractivity contribution in [3.63, 3.8) is 0 Å². The number of allylic oxidation sites excluding steroid dienone is 2. The number of carbonyl (C=O) groups excluding carboxylic acids is 3. The normalized spacial score (nSPS) is 32.5. The second-order valence-electron chi connectivity index (χ2n) is 10.4. The Balaban J connectivity index is 2.04. The van der Waals surface area contributed by atoms with E-state index in [1.54, 1.807) is 13.8 Å². The number of hydrogen-bond acceptors (Lipinski definition) is 6. The summed E-state index contributed by atoms with van der Waals surface area (Å²) in [5.74, 6) is -1.25. The van der Waals surface area contributed by atoms with E-state index in [2.05, 4.69) is 6.92 Å². The summed E-state index contributed by atoms with van der Waals surface area (Å²) in [7, 11) is 0. The van der Waals surface area contributed by atoms with Crippen LogP contribution >= 0.6 is 0 Å². The van der Waals surface area contributed by atoms with Gasteiger partial charge < -0.3 is 14.6 Å². The van der Waals surface area contributed by atoms with Gasteiger partial charge in [0, 0.05) is 24.0 Å². The van der Waals surface area contributed by atoms with Crippen LogP contribution in [0.2, 0.25) is 0 Å². The Labute approximate surface area is 184 Å². The number of fused-ring (bicyclic) bond motifs is 3. The highest BCUT2D eigenvalue weighted by Gasteiger charge is 2.57. The molecular weight excluding hydrogens is 396 g/mol. The maximum Gasteiger partial charge on any atom is 0.335 e. The Hall–Kier alpha value is -2.21. The lowest BCUT2D eigenvalue weighted by molar-refractivity contribution is -0.141. The van der Waals surface area contributed by atoms with Crippen molar-refractivity contribution >= 4 is 17.7 Å². The van der Waals surface area contributed by atoms with Gasteiger partial charge in [-0.15, -0.1) is 0 Å². The van der Waals surface area contributed by atoms with Crippen molar-refractivity contribution in [2.75, 3.05) is 0 Å². The molecule has 0 aromatic carbocycles. The van der Waals surface area contributed by atoms with Crippen molar-refractivity contribution in [2.24, 2.45) is 23.2 Å². The lowest BCUT2D eigenvalue weighted by Gasteiger charge is -2.53. The smallest absolute Gasteiger partial charge is 0.335 e. The van der Waals surface area contributed by atoms with Crippen molar-refractivity contribution in [3.05, 3.63) is 35.1 Å². The molecule has 31 heavy (non-hydrogen) atoms. The monoisotopic (exact) mass is 430 g/mol. The molecule has 0 amide bonds. The first kappa shape index (κ1) is 23.5. The molecule has 0 aromatic heterocycles. The van der Waals surface area contributed by atoms with Gasteiger partial charge in [-0.3, -0.25) is 4.79 Å². The van der Waals surface area contributed by atoms with Gasteiger partial charge in [-0.1, -0.05) is 12.5 Å². The average molecular weight is 431 g/mol. The van der Waals surface area contributed by atoms with Crippen molar-refractivity contribution in [1.82, 2.24) is 0 Å². The summed E-state index contributed by atoms with van der Waals surface area (Å²) in [6, 6.07) is 0. The van der Waals surface area contributed by atoms with Crippen LogP contribution in [-0.4, -0.2) is 34.5 Å². The van der Waals surface area contributed by atoms with Crippen LogP contribution in [0.25, 0.3) is 0 Å². The minimum absolute atomic E-state index is 0.0517. The Morgan fingerprint density at radius 2 is 1.97 bits per heavy atom. The zero-order valence-electron chi connectivity index (χ0n) is 19.4. The first-order chi connectivity index (χ1) is 14.3. The lowest BCUT2D eigenvalue weighted by Crippen LogP contribution is -2.49. The van der Waals surface area contributed by atoms with Crippen LogP contribution in [0.1, 0.15) is 67.2 Å². The maximum atomic E-state index is 12.9. The molecule has 1 aliphatic heterocycles. The summed E-state index contributed by atoms with van der Waals surface area (Å²) in [6.45, 7) is 10.9. The molecule has 0 aromatic rings. The van der Waals surface area contributed by atoms with Crippen LogP contribution in [0.3, 0.4) is 0 Å². The minimum Gasteiger partial charge on any atom is -0.454 e. The van der Waals surface area contributed by atoms with Gasteiger partial charge in [0.1, 0.15) is 11.9 Å². The van der Waals surface area contributed by atoms with Crippen LogP contribution in [0.15, 0.2) is 35.1 Å². The number of rotatable bonds is 6. The summed E-state index contributed by atoms with van der Waals surface area (Å²) in [5.41, 5.74) is 1.17. The van der Waals surface area contributed by atoms with Crippen molar-refractivity contribution in [2.45, 2.75) is 78.9 Å². The summed E-state index contributed by atoms with van der Waals surface area (Å²) in [5, 5.41) is 10.8. The van der Waals surface area contributed by atoms with E-state index in [0.717, 1.165) is 30.4 Å². The molecule has 2 aliphatic carbocycles. The van der Waals surface area contributed by atoms with Crippen LogP contribution in [0.5, 0.6) is 0 Å². The van der Waals surface area contributed by atoms with E-state index in [4.69, 9.17) is 9.47 Å². The molecule has 5 unspecified atom stereocenters. The SMILES string of the molecule is CC(=O)CC1OC(=O)C2=C1C(C=COC(=O)C=C(C)C)C1(C)CCC(C(C)(C)O)C2C1. The third kappa shape index (κ3) is 4.69. The molecule has 6 nitrogen and oxygen atoms in total. The van der Waals surface area contributed by atoms with E-state index in [1.165, 1.54) is 19.3 Å². The standard InChI is InChI=1S/C25H34O6/c1-14(2)11-20(27)30-10-8-18-22-19(12-15(3)26)31-23(28)21(22)16-13-25(18,6)9-7-17(16)24(4,5)29/h8,10-11,16-19,29H,7,9,12-13H2,1-6H3.